The number of hydrogen-bond donors (Lipinski definition) is 1. The van der Waals surface area contributed by atoms with Crippen LogP contribution in [-0.4, -0.2) is 21.6 Å². The molecule has 3 aromatic rings. The van der Waals surface area contributed by atoms with E-state index >= 15 is 0 Å². The third-order valence-corrected chi connectivity index (χ3v) is 5.19. The van der Waals surface area contributed by atoms with Gasteiger partial charge in [-0.3, -0.25) is 4.79 Å². The molecule has 2 heterocycles. The second-order valence-electron chi connectivity index (χ2n) is 4.45. The van der Waals surface area contributed by atoms with Crippen LogP contribution in [0.4, 0.5) is 5.69 Å². The molecule has 0 unspecified atom stereocenters. The molecular weight excluding hydrogens is 352 g/mol. The van der Waals surface area contributed by atoms with Crippen molar-refractivity contribution >= 4 is 56.5 Å². The Balaban J connectivity index is 1.70. The third-order valence-electron chi connectivity index (χ3n) is 2.93. The molecule has 3 rings (SSSR count). The van der Waals surface area contributed by atoms with Crippen molar-refractivity contribution in [3.05, 3.63) is 46.6 Å². The van der Waals surface area contributed by atoms with Crippen molar-refractivity contribution in [2.45, 2.75) is 5.03 Å². The Bertz CT molecular complexity index is 919. The van der Waals surface area contributed by atoms with Crippen LogP contribution in [0, 0.1) is 11.3 Å². The van der Waals surface area contributed by atoms with Gasteiger partial charge in [-0.05, 0) is 29.6 Å². The highest BCUT2D eigenvalue weighted by molar-refractivity contribution is 8.00. The van der Waals surface area contributed by atoms with Gasteiger partial charge >= 0.3 is 0 Å². The van der Waals surface area contributed by atoms with Crippen molar-refractivity contribution in [1.29, 1.82) is 5.26 Å². The van der Waals surface area contributed by atoms with E-state index in [0.717, 1.165) is 15.2 Å². The zero-order valence-electron chi connectivity index (χ0n) is 11.6. The summed E-state index contributed by atoms with van der Waals surface area (Å²) in [4.78, 5) is 20.5. The lowest BCUT2D eigenvalue weighted by atomic mass is 10.2. The number of nitrogens with one attached hydrogen (secondary N) is 1. The van der Waals surface area contributed by atoms with Gasteiger partial charge in [-0.1, -0.05) is 23.4 Å². The average molecular weight is 361 g/mol. The molecule has 0 spiro atoms. The molecule has 0 aliphatic heterocycles. The molecule has 1 amide bonds. The number of fused-ring (bicyclic) bond motifs is 1. The summed E-state index contributed by atoms with van der Waals surface area (Å²) >= 11 is 8.77. The second-order valence-corrected chi connectivity index (χ2v) is 6.77. The first-order chi connectivity index (χ1) is 11.2. The number of carbonyl (C=O) groups excluding carboxylic acids is 1. The zero-order valence-corrected chi connectivity index (χ0v) is 14.0. The number of hydrogen-bond acceptors (Lipinski definition) is 6. The number of thiophene rings is 1. The van der Waals surface area contributed by atoms with Crippen LogP contribution in [0.25, 0.3) is 10.2 Å². The first kappa shape index (κ1) is 15.7. The molecule has 0 aliphatic carbocycles. The van der Waals surface area contributed by atoms with Gasteiger partial charge in [0.15, 0.2) is 0 Å². The van der Waals surface area contributed by atoms with Crippen molar-refractivity contribution < 1.29 is 4.79 Å². The smallest absolute Gasteiger partial charge is 0.234 e. The quantitative estimate of drug-likeness (QED) is 0.563. The minimum atomic E-state index is -0.225. The molecule has 0 aliphatic rings. The molecule has 114 valence electrons. The summed E-state index contributed by atoms with van der Waals surface area (Å²) in [5.41, 5.74) is 1.65. The molecule has 0 fully saturated rings. The van der Waals surface area contributed by atoms with Crippen LogP contribution in [0.1, 0.15) is 5.56 Å². The lowest BCUT2D eigenvalue weighted by Crippen LogP contribution is -2.15. The Kier molecular flexibility index (Phi) is 4.76. The van der Waals surface area contributed by atoms with Crippen molar-refractivity contribution in [3.63, 3.8) is 0 Å². The van der Waals surface area contributed by atoms with Crippen LogP contribution in [0.3, 0.4) is 0 Å². The highest BCUT2D eigenvalue weighted by Gasteiger charge is 2.11. The normalized spacial score (nSPS) is 10.4. The van der Waals surface area contributed by atoms with Gasteiger partial charge < -0.3 is 5.32 Å². The summed E-state index contributed by atoms with van der Waals surface area (Å²) in [6.07, 6.45) is 1.49. The molecular formula is C15H9ClN4OS2. The fraction of sp³-hybridized carbons (Fsp3) is 0.0667. The van der Waals surface area contributed by atoms with Crippen molar-refractivity contribution in [2.75, 3.05) is 11.1 Å². The maximum Gasteiger partial charge on any atom is 0.234 e. The number of halogens is 1. The van der Waals surface area contributed by atoms with Gasteiger partial charge in [-0.25, -0.2) is 9.97 Å². The summed E-state index contributed by atoms with van der Waals surface area (Å²) in [6.45, 7) is 0. The predicted octanol–water partition coefficient (Wildman–Crippen LogP) is 3.95. The maximum absolute atomic E-state index is 12.1. The molecule has 0 radical (unpaired) electrons. The maximum atomic E-state index is 12.1. The van der Waals surface area contributed by atoms with Gasteiger partial charge in [-0.2, -0.15) is 5.26 Å². The fourth-order valence-electron chi connectivity index (χ4n) is 1.91. The average Bonchev–Trinajstić information content (AvgIpc) is 3.02. The van der Waals surface area contributed by atoms with Gasteiger partial charge in [0.1, 0.15) is 17.4 Å². The number of nitriles is 1. The van der Waals surface area contributed by atoms with E-state index in [2.05, 4.69) is 15.3 Å². The molecule has 0 bridgehead atoms. The minimum absolute atomic E-state index is 0.182. The van der Waals surface area contributed by atoms with Crippen LogP contribution in [-0.2, 0) is 4.79 Å². The molecule has 0 saturated heterocycles. The van der Waals surface area contributed by atoms with Crippen LogP contribution in [0.2, 0.25) is 5.02 Å². The van der Waals surface area contributed by atoms with E-state index in [1.807, 2.05) is 17.5 Å². The lowest BCUT2D eigenvalue weighted by Gasteiger charge is -2.07. The largest absolute Gasteiger partial charge is 0.324 e. The lowest BCUT2D eigenvalue weighted by molar-refractivity contribution is -0.113. The summed E-state index contributed by atoms with van der Waals surface area (Å²) in [5, 5.41) is 14.9. The monoisotopic (exact) mass is 360 g/mol. The van der Waals surface area contributed by atoms with E-state index in [9.17, 15) is 4.79 Å². The van der Waals surface area contributed by atoms with E-state index in [1.54, 1.807) is 18.2 Å². The summed E-state index contributed by atoms with van der Waals surface area (Å²) in [7, 11) is 0. The van der Waals surface area contributed by atoms with E-state index in [-0.39, 0.29) is 11.7 Å². The molecule has 5 nitrogen and oxygen atoms in total. The standard InChI is InChI=1S/C15H9ClN4OS2/c16-10-2-1-9(6-17)12(5-10)20-13(21)7-23-15-14-11(3-4-22-14)18-8-19-15/h1-5,8H,7H2,(H,20,21). The van der Waals surface area contributed by atoms with Gasteiger partial charge in [0.05, 0.1) is 27.2 Å². The number of benzene rings is 1. The van der Waals surface area contributed by atoms with Crippen LogP contribution in [0.5, 0.6) is 0 Å². The number of carbonyl (C=O) groups is 1. The van der Waals surface area contributed by atoms with Crippen LogP contribution in [0.15, 0.2) is 41.0 Å². The van der Waals surface area contributed by atoms with Crippen molar-refractivity contribution in [2.24, 2.45) is 0 Å². The molecule has 23 heavy (non-hydrogen) atoms. The Morgan fingerprint density at radius 1 is 1.39 bits per heavy atom. The molecule has 0 saturated carbocycles. The first-order valence-corrected chi connectivity index (χ1v) is 8.72. The number of thioether (sulfide) groups is 1. The Labute approximate surface area is 145 Å². The molecule has 0 atom stereocenters. The second kappa shape index (κ2) is 6.96. The summed E-state index contributed by atoms with van der Waals surface area (Å²) in [5.74, 6) is -0.0430. The highest BCUT2D eigenvalue weighted by Crippen LogP contribution is 2.29. The molecule has 1 aromatic carbocycles. The summed E-state index contributed by atoms with van der Waals surface area (Å²) < 4.78 is 0.964. The molecule has 8 heteroatoms. The molecule has 2 aromatic heterocycles. The van der Waals surface area contributed by atoms with E-state index in [1.165, 1.54) is 29.4 Å². The number of anilines is 1. The first-order valence-electron chi connectivity index (χ1n) is 6.48. The van der Waals surface area contributed by atoms with Crippen molar-refractivity contribution in [1.82, 2.24) is 9.97 Å². The topological polar surface area (TPSA) is 78.7 Å². The Hall–Kier alpha value is -2.14. The van der Waals surface area contributed by atoms with E-state index in [0.29, 0.717) is 16.3 Å². The zero-order chi connectivity index (χ0) is 16.2. The highest BCUT2D eigenvalue weighted by atomic mass is 35.5. The van der Waals surface area contributed by atoms with Crippen molar-refractivity contribution in [3.8, 4) is 6.07 Å². The van der Waals surface area contributed by atoms with E-state index in [4.69, 9.17) is 16.9 Å². The van der Waals surface area contributed by atoms with Crippen LogP contribution >= 0.6 is 34.7 Å². The Morgan fingerprint density at radius 2 is 2.26 bits per heavy atom. The number of rotatable bonds is 4. The fourth-order valence-corrected chi connectivity index (χ4v) is 3.83. The molecule has 1 N–H and O–H groups in total. The number of aromatic nitrogens is 2. The van der Waals surface area contributed by atoms with Gasteiger partial charge in [0, 0.05) is 5.02 Å². The SMILES string of the molecule is N#Cc1ccc(Cl)cc1NC(=O)CSc1ncnc2ccsc12. The summed E-state index contributed by atoms with van der Waals surface area (Å²) in [6, 6.07) is 8.68. The van der Waals surface area contributed by atoms with E-state index < -0.39 is 0 Å². The Morgan fingerprint density at radius 3 is 3.09 bits per heavy atom. The van der Waals surface area contributed by atoms with Gasteiger partial charge in [0.25, 0.3) is 0 Å². The predicted molar refractivity (Wildman–Crippen MR) is 92.9 cm³/mol. The third kappa shape index (κ3) is 3.62. The van der Waals surface area contributed by atoms with Crippen LogP contribution < -0.4 is 5.32 Å². The number of nitrogens with zero attached hydrogens (tertiary/aromatic N) is 3. The number of amides is 1. The minimum Gasteiger partial charge on any atom is -0.324 e. The van der Waals surface area contributed by atoms with Gasteiger partial charge in [-0.15, -0.1) is 11.3 Å². The van der Waals surface area contributed by atoms with Gasteiger partial charge in [0.2, 0.25) is 5.91 Å².